The van der Waals surface area contributed by atoms with E-state index >= 15 is 0 Å². The third kappa shape index (κ3) is 7.36. The number of carbonyl (C=O) groups excluding carboxylic acids is 1. The Labute approximate surface area is 241 Å². The van der Waals surface area contributed by atoms with Crippen LogP contribution in [0.2, 0.25) is 0 Å². The standard InChI is InChI=1S/C29H32F3N7O3/c1-5-27(41)34-22-16-23(26(42-29(30,31)32)17-25(22)38(4)13-12-37(2)3)36-28-33-11-10-21(35-28)20-18-39(14-15-40)24-9-7-6-8-19(20)24/h5-11,16-18,40H,1,12-15H2,2-4H3,(H,34,41)(H,33,35,36). The number of hydrogen-bond acceptors (Lipinski definition) is 8. The summed E-state index contributed by atoms with van der Waals surface area (Å²) in [6, 6.07) is 11.8. The molecule has 4 aromatic rings. The van der Waals surface area contributed by atoms with Crippen molar-refractivity contribution >= 4 is 39.8 Å². The van der Waals surface area contributed by atoms with Gasteiger partial charge in [0, 0.05) is 61.6 Å². The summed E-state index contributed by atoms with van der Waals surface area (Å²) in [5, 5.41) is 15.9. The van der Waals surface area contributed by atoms with Crippen molar-refractivity contribution in [1.29, 1.82) is 0 Å². The van der Waals surface area contributed by atoms with Crippen molar-refractivity contribution in [3.05, 3.63) is 67.5 Å². The second-order valence-corrected chi connectivity index (χ2v) is 9.70. The van der Waals surface area contributed by atoms with Gasteiger partial charge in [0.2, 0.25) is 11.9 Å². The van der Waals surface area contributed by atoms with Crippen molar-refractivity contribution in [2.24, 2.45) is 0 Å². The molecule has 0 saturated heterocycles. The second kappa shape index (κ2) is 12.9. The van der Waals surface area contributed by atoms with Crippen LogP contribution in [0.15, 0.2) is 67.5 Å². The molecule has 0 radical (unpaired) electrons. The zero-order chi connectivity index (χ0) is 30.4. The molecule has 10 nitrogen and oxygen atoms in total. The first-order chi connectivity index (χ1) is 20.0. The first kappa shape index (κ1) is 30.3. The van der Waals surface area contributed by atoms with Gasteiger partial charge in [-0.1, -0.05) is 24.8 Å². The van der Waals surface area contributed by atoms with E-state index in [-0.39, 0.29) is 23.9 Å². The van der Waals surface area contributed by atoms with Gasteiger partial charge in [-0.15, -0.1) is 13.2 Å². The number of likely N-dealkylation sites (N-methyl/N-ethyl adjacent to an activating group) is 2. The largest absolute Gasteiger partial charge is 0.573 e. The van der Waals surface area contributed by atoms with Crippen molar-refractivity contribution in [2.75, 3.05) is 56.4 Å². The number of halogens is 3. The van der Waals surface area contributed by atoms with Crippen LogP contribution in [0.4, 0.5) is 36.2 Å². The molecule has 2 aromatic carbocycles. The molecule has 13 heteroatoms. The maximum atomic E-state index is 13.5. The third-order valence-corrected chi connectivity index (χ3v) is 6.37. The molecular weight excluding hydrogens is 551 g/mol. The average molecular weight is 584 g/mol. The van der Waals surface area contributed by atoms with Crippen molar-refractivity contribution in [2.45, 2.75) is 12.9 Å². The highest BCUT2D eigenvalue weighted by atomic mass is 19.4. The molecule has 0 atom stereocenters. The van der Waals surface area contributed by atoms with E-state index in [0.717, 1.165) is 22.5 Å². The van der Waals surface area contributed by atoms with Gasteiger partial charge in [0.1, 0.15) is 0 Å². The van der Waals surface area contributed by atoms with Crippen molar-refractivity contribution in [1.82, 2.24) is 19.4 Å². The second-order valence-electron chi connectivity index (χ2n) is 9.70. The summed E-state index contributed by atoms with van der Waals surface area (Å²) in [5.41, 5.74) is 2.60. The van der Waals surface area contributed by atoms with Gasteiger partial charge < -0.3 is 34.8 Å². The number of rotatable bonds is 12. The Morgan fingerprint density at radius 3 is 2.60 bits per heavy atom. The molecule has 0 fully saturated rings. The molecule has 42 heavy (non-hydrogen) atoms. The van der Waals surface area contributed by atoms with Crippen LogP contribution in [0.1, 0.15) is 0 Å². The maximum Gasteiger partial charge on any atom is 0.573 e. The Hall–Kier alpha value is -4.62. The number of fused-ring (bicyclic) bond motifs is 1. The number of para-hydroxylation sites is 1. The van der Waals surface area contributed by atoms with Gasteiger partial charge >= 0.3 is 6.36 Å². The fraction of sp³-hybridized carbons (Fsp3) is 0.276. The predicted molar refractivity (Wildman–Crippen MR) is 157 cm³/mol. The lowest BCUT2D eigenvalue weighted by Gasteiger charge is -2.26. The van der Waals surface area contributed by atoms with Gasteiger partial charge in [-0.2, -0.15) is 0 Å². The van der Waals surface area contributed by atoms with E-state index < -0.39 is 18.0 Å². The highest BCUT2D eigenvalue weighted by Gasteiger charge is 2.33. The topological polar surface area (TPSA) is 108 Å². The van der Waals surface area contributed by atoms with E-state index in [2.05, 4.69) is 31.9 Å². The Morgan fingerprint density at radius 2 is 1.90 bits per heavy atom. The zero-order valence-electron chi connectivity index (χ0n) is 23.4. The van der Waals surface area contributed by atoms with Crippen molar-refractivity contribution < 1.29 is 27.8 Å². The van der Waals surface area contributed by atoms with E-state index in [1.165, 1.54) is 18.3 Å². The number of nitrogens with zero attached hydrogens (tertiary/aromatic N) is 5. The van der Waals surface area contributed by atoms with E-state index in [1.54, 1.807) is 18.0 Å². The smallest absolute Gasteiger partial charge is 0.403 e. The van der Waals surface area contributed by atoms with Crippen molar-refractivity contribution in [3.63, 3.8) is 0 Å². The Balaban J connectivity index is 1.78. The summed E-state index contributed by atoms with van der Waals surface area (Å²) in [6.07, 6.45) is -0.584. The van der Waals surface area contributed by atoms with Gasteiger partial charge in [-0.25, -0.2) is 9.97 Å². The minimum absolute atomic E-state index is 0.00761. The molecule has 0 aliphatic rings. The van der Waals surface area contributed by atoms with Crippen LogP contribution in [0, 0.1) is 0 Å². The monoisotopic (exact) mass is 583 g/mol. The first-order valence-corrected chi connectivity index (χ1v) is 13.0. The van der Waals surface area contributed by atoms with Gasteiger partial charge in [-0.05, 0) is 38.4 Å². The van der Waals surface area contributed by atoms with Crippen LogP contribution in [-0.2, 0) is 11.3 Å². The quantitative estimate of drug-likeness (QED) is 0.203. The van der Waals surface area contributed by atoms with Gasteiger partial charge in [0.25, 0.3) is 0 Å². The average Bonchev–Trinajstić information content (AvgIpc) is 3.31. The Kier molecular flexibility index (Phi) is 9.33. The van der Waals surface area contributed by atoms with Gasteiger partial charge in [0.15, 0.2) is 5.75 Å². The lowest BCUT2D eigenvalue weighted by atomic mass is 10.1. The summed E-state index contributed by atoms with van der Waals surface area (Å²) >= 11 is 0. The normalized spacial score (nSPS) is 11.5. The highest BCUT2D eigenvalue weighted by Crippen LogP contribution is 2.40. The molecule has 222 valence electrons. The van der Waals surface area contributed by atoms with E-state index in [0.29, 0.717) is 31.0 Å². The molecule has 4 rings (SSSR count). The summed E-state index contributed by atoms with van der Waals surface area (Å²) in [7, 11) is 5.45. The number of amides is 1. The van der Waals surface area contributed by atoms with Crippen LogP contribution in [0.5, 0.6) is 5.75 Å². The molecular formula is C29H32F3N7O3. The maximum absolute atomic E-state index is 13.5. The summed E-state index contributed by atoms with van der Waals surface area (Å²) in [4.78, 5) is 24.6. The number of anilines is 4. The fourth-order valence-electron chi connectivity index (χ4n) is 4.38. The molecule has 2 aromatic heterocycles. The molecule has 0 spiro atoms. The molecule has 0 unspecified atom stereocenters. The molecule has 0 bridgehead atoms. The SMILES string of the molecule is C=CC(=O)Nc1cc(Nc2nccc(-c3cn(CCO)c4ccccc34)n2)c(OC(F)(F)F)cc1N(C)CCN(C)C. The minimum Gasteiger partial charge on any atom is -0.403 e. The Morgan fingerprint density at radius 1 is 1.14 bits per heavy atom. The van der Waals surface area contributed by atoms with Crippen LogP contribution in [-0.4, -0.2) is 77.7 Å². The number of aromatic nitrogens is 3. The third-order valence-electron chi connectivity index (χ3n) is 6.37. The number of aliphatic hydroxyl groups excluding tert-OH is 1. The number of ether oxygens (including phenoxy) is 1. The number of alkyl halides is 3. The summed E-state index contributed by atoms with van der Waals surface area (Å²) in [6.45, 7) is 4.85. The molecule has 0 saturated carbocycles. The number of nitrogens with one attached hydrogen (secondary N) is 2. The van der Waals surface area contributed by atoms with Gasteiger partial charge in [0.05, 0.1) is 29.4 Å². The van der Waals surface area contributed by atoms with Crippen LogP contribution < -0.4 is 20.3 Å². The lowest BCUT2D eigenvalue weighted by molar-refractivity contribution is -0.274. The molecule has 0 aliphatic heterocycles. The van der Waals surface area contributed by atoms with E-state index in [9.17, 15) is 23.1 Å². The van der Waals surface area contributed by atoms with Gasteiger partial charge in [-0.3, -0.25) is 4.79 Å². The molecule has 3 N–H and O–H groups in total. The Bertz CT molecular complexity index is 1570. The van der Waals surface area contributed by atoms with Crippen LogP contribution in [0.3, 0.4) is 0 Å². The van der Waals surface area contributed by atoms with Crippen molar-refractivity contribution in [3.8, 4) is 17.0 Å². The number of carbonyl (C=O) groups is 1. The summed E-state index contributed by atoms with van der Waals surface area (Å²) in [5.74, 6) is -1.06. The minimum atomic E-state index is -4.99. The lowest BCUT2D eigenvalue weighted by Crippen LogP contribution is -2.29. The van der Waals surface area contributed by atoms with Crippen LogP contribution in [0.25, 0.3) is 22.2 Å². The first-order valence-electron chi connectivity index (χ1n) is 13.0. The number of benzene rings is 2. The molecule has 2 heterocycles. The van der Waals surface area contributed by atoms with Crippen LogP contribution >= 0.6 is 0 Å². The van der Waals surface area contributed by atoms with E-state index in [4.69, 9.17) is 0 Å². The zero-order valence-corrected chi connectivity index (χ0v) is 23.4. The molecule has 1 amide bonds. The predicted octanol–water partition coefficient (Wildman–Crippen LogP) is 4.86. The summed E-state index contributed by atoms with van der Waals surface area (Å²) < 4.78 is 46.8. The molecule has 0 aliphatic carbocycles. The number of hydrogen-bond donors (Lipinski definition) is 3. The van der Waals surface area contributed by atoms with E-state index in [1.807, 2.05) is 54.0 Å². The number of aliphatic hydroxyl groups is 1. The fourth-order valence-corrected chi connectivity index (χ4v) is 4.38. The highest BCUT2D eigenvalue weighted by molar-refractivity contribution is 6.02.